The number of pyridine rings is 1. The fraction of sp³-hybridized carbons (Fsp3) is 0.120. The lowest BCUT2D eigenvalue weighted by Crippen LogP contribution is -2.24. The van der Waals surface area contributed by atoms with Crippen molar-refractivity contribution >= 4 is 35.1 Å². The summed E-state index contributed by atoms with van der Waals surface area (Å²) in [6.45, 7) is 0. The van der Waals surface area contributed by atoms with E-state index >= 15 is 0 Å². The van der Waals surface area contributed by atoms with Crippen LogP contribution in [0, 0.1) is 0 Å². The number of nitrogens with one attached hydrogen (secondary N) is 1. The molecule has 0 aliphatic carbocycles. The molecule has 0 fully saturated rings. The molecule has 0 spiro atoms. The summed E-state index contributed by atoms with van der Waals surface area (Å²) < 4.78 is 1.61. The van der Waals surface area contributed by atoms with Gasteiger partial charge in [0.05, 0.1) is 22.0 Å². The number of nitrogens with zero attached hydrogens (tertiary/aromatic N) is 3. The van der Waals surface area contributed by atoms with Crippen molar-refractivity contribution in [1.29, 1.82) is 0 Å². The third kappa shape index (κ3) is 4.72. The van der Waals surface area contributed by atoms with Gasteiger partial charge in [-0.15, -0.1) is 11.8 Å². The molecule has 0 saturated carbocycles. The van der Waals surface area contributed by atoms with Crippen molar-refractivity contribution in [2.75, 3.05) is 16.8 Å². The Hall–Kier alpha value is -3.36. The Bertz CT molecular complexity index is 1340. The number of aromatic nitrogens is 3. The third-order valence-corrected chi connectivity index (χ3v) is 7.22. The quantitative estimate of drug-likeness (QED) is 0.325. The van der Waals surface area contributed by atoms with E-state index in [0.29, 0.717) is 15.7 Å². The van der Waals surface area contributed by atoms with Crippen LogP contribution in [-0.4, -0.2) is 31.9 Å². The number of anilines is 1. The molecule has 1 aliphatic rings. The van der Waals surface area contributed by atoms with Crippen LogP contribution in [0.3, 0.4) is 0 Å². The van der Waals surface area contributed by atoms with Crippen molar-refractivity contribution in [1.82, 2.24) is 14.5 Å². The summed E-state index contributed by atoms with van der Waals surface area (Å²) >= 11 is 2.82. The van der Waals surface area contributed by atoms with Crippen LogP contribution < -0.4 is 10.9 Å². The predicted molar refractivity (Wildman–Crippen MR) is 133 cm³/mol. The summed E-state index contributed by atoms with van der Waals surface area (Å²) in [5.41, 5.74) is 4.27. The minimum absolute atomic E-state index is 0.0670. The highest BCUT2D eigenvalue weighted by atomic mass is 32.2. The molecular weight excluding hydrogens is 452 g/mol. The maximum Gasteiger partial charge on any atom is 0.272 e. The molecule has 1 amide bonds. The minimum atomic E-state index is -0.155. The maximum absolute atomic E-state index is 13.2. The van der Waals surface area contributed by atoms with E-state index in [1.165, 1.54) is 11.8 Å². The van der Waals surface area contributed by atoms with Crippen molar-refractivity contribution in [3.63, 3.8) is 0 Å². The number of carbonyl (C=O) groups is 1. The normalized spacial score (nSPS) is 12.4. The fourth-order valence-electron chi connectivity index (χ4n) is 3.60. The molecule has 1 N–H and O–H groups in total. The second-order valence-corrected chi connectivity index (χ2v) is 9.45. The number of thioether (sulfide) groups is 2. The number of para-hydroxylation sites is 1. The third-order valence-electron chi connectivity index (χ3n) is 5.18. The van der Waals surface area contributed by atoms with Crippen molar-refractivity contribution in [3.05, 3.63) is 95.2 Å². The van der Waals surface area contributed by atoms with Crippen LogP contribution in [0.25, 0.3) is 16.8 Å². The van der Waals surface area contributed by atoms with E-state index in [1.54, 1.807) is 28.7 Å². The average Bonchev–Trinajstić information content (AvgIpc) is 3.33. The van der Waals surface area contributed by atoms with Crippen LogP contribution in [0.1, 0.15) is 5.69 Å². The summed E-state index contributed by atoms with van der Waals surface area (Å²) in [6.07, 6.45) is 4.31. The van der Waals surface area contributed by atoms with Gasteiger partial charge in [0.25, 0.3) is 5.56 Å². The lowest BCUT2D eigenvalue weighted by molar-refractivity contribution is -0.113. The average molecular weight is 473 g/mol. The largest absolute Gasteiger partial charge is 0.325 e. The fourth-order valence-corrected chi connectivity index (χ4v) is 5.45. The summed E-state index contributed by atoms with van der Waals surface area (Å²) in [6, 6.07) is 21.0. The zero-order chi connectivity index (χ0) is 22.6. The van der Waals surface area contributed by atoms with E-state index in [2.05, 4.69) is 10.3 Å². The minimum Gasteiger partial charge on any atom is -0.325 e. The Labute approximate surface area is 199 Å². The SMILES string of the molecule is O=C(CSc1nc2c(c(=O)n1-c1ccccc1)SCC2)Nc1ccc(-c2cccnc2)cc1. The van der Waals surface area contributed by atoms with Gasteiger partial charge in [-0.3, -0.25) is 19.1 Å². The van der Waals surface area contributed by atoms with Crippen molar-refractivity contribution in [2.45, 2.75) is 16.5 Å². The van der Waals surface area contributed by atoms with E-state index in [1.807, 2.05) is 66.7 Å². The lowest BCUT2D eigenvalue weighted by Gasteiger charge is -2.13. The molecule has 3 heterocycles. The second-order valence-electron chi connectivity index (χ2n) is 7.40. The van der Waals surface area contributed by atoms with Crippen LogP contribution in [0.4, 0.5) is 5.69 Å². The number of hydrogen-bond donors (Lipinski definition) is 1. The first kappa shape index (κ1) is 21.5. The molecule has 6 nitrogen and oxygen atoms in total. The second kappa shape index (κ2) is 9.64. The molecule has 1 aliphatic heterocycles. The van der Waals surface area contributed by atoms with Gasteiger partial charge in [-0.2, -0.15) is 0 Å². The number of carbonyl (C=O) groups excluding carboxylic acids is 1. The van der Waals surface area contributed by atoms with E-state index in [9.17, 15) is 9.59 Å². The Balaban J connectivity index is 1.32. The van der Waals surface area contributed by atoms with Gasteiger partial charge in [-0.25, -0.2) is 4.98 Å². The molecule has 0 atom stereocenters. The van der Waals surface area contributed by atoms with Gasteiger partial charge < -0.3 is 5.32 Å². The summed E-state index contributed by atoms with van der Waals surface area (Å²) in [5.74, 6) is 0.851. The van der Waals surface area contributed by atoms with Gasteiger partial charge in [0.2, 0.25) is 5.91 Å². The van der Waals surface area contributed by atoms with Gasteiger partial charge in [-0.05, 0) is 41.5 Å². The zero-order valence-corrected chi connectivity index (χ0v) is 19.2. The number of amides is 1. The van der Waals surface area contributed by atoms with Crippen LogP contribution >= 0.6 is 23.5 Å². The van der Waals surface area contributed by atoms with E-state index in [4.69, 9.17) is 4.98 Å². The molecule has 0 bridgehead atoms. The number of fused-ring (bicyclic) bond motifs is 1. The maximum atomic E-state index is 13.2. The smallest absolute Gasteiger partial charge is 0.272 e. The summed E-state index contributed by atoms with van der Waals surface area (Å²) in [4.78, 5) is 35.4. The molecular formula is C25H20N4O2S2. The molecule has 0 unspecified atom stereocenters. The standard InChI is InChI=1S/C25H20N4O2S2/c30-22(27-19-10-8-17(9-11-19)18-5-4-13-26-15-18)16-33-25-28-21-12-14-32-23(21)24(31)29(25)20-6-2-1-3-7-20/h1-11,13,15H,12,14,16H2,(H,27,30). The Kier molecular flexibility index (Phi) is 6.28. The van der Waals surface area contributed by atoms with E-state index in [-0.39, 0.29) is 17.2 Å². The Morgan fingerprint density at radius 2 is 1.85 bits per heavy atom. The molecule has 8 heteroatoms. The topological polar surface area (TPSA) is 76.9 Å². The van der Waals surface area contributed by atoms with Gasteiger partial charge in [0.15, 0.2) is 5.16 Å². The molecule has 2 aromatic heterocycles. The summed E-state index contributed by atoms with van der Waals surface area (Å²) in [5, 5.41) is 3.46. The van der Waals surface area contributed by atoms with E-state index < -0.39 is 0 Å². The highest BCUT2D eigenvalue weighted by Crippen LogP contribution is 2.30. The highest BCUT2D eigenvalue weighted by molar-refractivity contribution is 8.00. The van der Waals surface area contributed by atoms with Gasteiger partial charge in [0, 0.05) is 30.3 Å². The molecule has 5 rings (SSSR count). The molecule has 2 aromatic carbocycles. The number of benzene rings is 2. The highest BCUT2D eigenvalue weighted by Gasteiger charge is 2.23. The Morgan fingerprint density at radius 3 is 2.61 bits per heavy atom. The zero-order valence-electron chi connectivity index (χ0n) is 17.6. The van der Waals surface area contributed by atoms with Gasteiger partial charge in [-0.1, -0.05) is 48.2 Å². The first-order valence-corrected chi connectivity index (χ1v) is 12.4. The number of hydrogen-bond acceptors (Lipinski definition) is 6. The molecule has 33 heavy (non-hydrogen) atoms. The Morgan fingerprint density at radius 1 is 1.03 bits per heavy atom. The molecule has 4 aromatic rings. The monoisotopic (exact) mass is 472 g/mol. The van der Waals surface area contributed by atoms with Crippen molar-refractivity contribution in [2.24, 2.45) is 0 Å². The van der Waals surface area contributed by atoms with E-state index in [0.717, 1.165) is 34.7 Å². The molecule has 0 radical (unpaired) electrons. The molecule has 0 saturated heterocycles. The van der Waals surface area contributed by atoms with Crippen LogP contribution in [0.15, 0.2) is 94.0 Å². The number of rotatable bonds is 6. The predicted octanol–water partition coefficient (Wildman–Crippen LogP) is 4.67. The van der Waals surface area contributed by atoms with Crippen molar-refractivity contribution < 1.29 is 4.79 Å². The lowest BCUT2D eigenvalue weighted by atomic mass is 10.1. The first-order valence-electron chi connectivity index (χ1n) is 10.5. The number of aryl methyl sites for hydroxylation is 1. The molecule has 164 valence electrons. The summed E-state index contributed by atoms with van der Waals surface area (Å²) in [7, 11) is 0. The van der Waals surface area contributed by atoms with Crippen LogP contribution in [0.5, 0.6) is 0 Å². The van der Waals surface area contributed by atoms with Crippen LogP contribution in [0.2, 0.25) is 0 Å². The first-order chi connectivity index (χ1) is 16.2. The van der Waals surface area contributed by atoms with Crippen molar-refractivity contribution in [3.8, 4) is 16.8 Å². The van der Waals surface area contributed by atoms with Crippen LogP contribution in [-0.2, 0) is 11.2 Å². The van der Waals surface area contributed by atoms with Gasteiger partial charge in [0.1, 0.15) is 0 Å². The van der Waals surface area contributed by atoms with Gasteiger partial charge >= 0.3 is 0 Å².